The SMILES string of the molecule is Cc1cccc2cc(COC(C)C)n(C)c12. The van der Waals surface area contributed by atoms with E-state index in [1.165, 1.54) is 22.2 Å². The maximum Gasteiger partial charge on any atom is 0.0871 e. The van der Waals surface area contributed by atoms with Crippen LogP contribution in [-0.2, 0) is 18.4 Å². The van der Waals surface area contributed by atoms with E-state index in [2.05, 4.69) is 56.7 Å². The van der Waals surface area contributed by atoms with Crippen LogP contribution in [0.5, 0.6) is 0 Å². The second kappa shape index (κ2) is 4.30. The highest BCUT2D eigenvalue weighted by atomic mass is 16.5. The van der Waals surface area contributed by atoms with Gasteiger partial charge in [-0.3, -0.25) is 0 Å². The van der Waals surface area contributed by atoms with Crippen molar-refractivity contribution in [3.8, 4) is 0 Å². The monoisotopic (exact) mass is 217 g/mol. The van der Waals surface area contributed by atoms with Crippen molar-refractivity contribution in [2.24, 2.45) is 7.05 Å². The molecular formula is C14H19NO. The third-order valence-corrected chi connectivity index (χ3v) is 2.92. The van der Waals surface area contributed by atoms with Crippen molar-refractivity contribution in [2.75, 3.05) is 0 Å². The first-order valence-electron chi connectivity index (χ1n) is 5.75. The van der Waals surface area contributed by atoms with Crippen LogP contribution in [0.4, 0.5) is 0 Å². The normalized spacial score (nSPS) is 11.6. The standard InChI is InChI=1S/C14H19NO/c1-10(2)16-9-13-8-12-7-5-6-11(3)14(12)15(13)4/h5-8,10H,9H2,1-4H3. The van der Waals surface area contributed by atoms with Crippen LogP contribution in [0.3, 0.4) is 0 Å². The number of hydrogen-bond acceptors (Lipinski definition) is 1. The fraction of sp³-hybridized carbons (Fsp3) is 0.429. The molecule has 0 bridgehead atoms. The summed E-state index contributed by atoms with van der Waals surface area (Å²) >= 11 is 0. The number of nitrogens with zero attached hydrogens (tertiary/aromatic N) is 1. The Labute approximate surface area is 96.8 Å². The van der Waals surface area contributed by atoms with Gasteiger partial charge in [-0.05, 0) is 32.4 Å². The number of para-hydroxylation sites is 1. The molecule has 1 aromatic heterocycles. The number of hydrogen-bond donors (Lipinski definition) is 0. The Morgan fingerprint density at radius 1 is 1.31 bits per heavy atom. The van der Waals surface area contributed by atoms with Crippen molar-refractivity contribution >= 4 is 10.9 Å². The molecule has 0 fully saturated rings. The van der Waals surface area contributed by atoms with Crippen LogP contribution in [0.1, 0.15) is 25.1 Å². The van der Waals surface area contributed by atoms with Gasteiger partial charge >= 0.3 is 0 Å². The average molecular weight is 217 g/mol. The lowest BCUT2D eigenvalue weighted by Crippen LogP contribution is -2.05. The molecule has 0 spiro atoms. The van der Waals surface area contributed by atoms with Crippen LogP contribution in [-0.4, -0.2) is 10.7 Å². The predicted octanol–water partition coefficient (Wildman–Crippen LogP) is 3.41. The van der Waals surface area contributed by atoms with E-state index in [1.54, 1.807) is 0 Å². The van der Waals surface area contributed by atoms with Crippen molar-refractivity contribution in [1.82, 2.24) is 4.57 Å². The summed E-state index contributed by atoms with van der Waals surface area (Å²) in [6.45, 7) is 6.96. The second-order valence-corrected chi connectivity index (χ2v) is 4.57. The quantitative estimate of drug-likeness (QED) is 0.768. The lowest BCUT2D eigenvalue weighted by atomic mass is 10.2. The molecule has 2 rings (SSSR count). The Morgan fingerprint density at radius 3 is 2.69 bits per heavy atom. The molecule has 0 radical (unpaired) electrons. The summed E-state index contributed by atoms with van der Waals surface area (Å²) in [6.07, 6.45) is 0.277. The van der Waals surface area contributed by atoms with Crippen molar-refractivity contribution in [3.05, 3.63) is 35.5 Å². The van der Waals surface area contributed by atoms with Gasteiger partial charge in [0.05, 0.1) is 18.2 Å². The van der Waals surface area contributed by atoms with Crippen LogP contribution < -0.4 is 0 Å². The summed E-state index contributed by atoms with van der Waals surface area (Å²) < 4.78 is 7.89. The van der Waals surface area contributed by atoms with E-state index >= 15 is 0 Å². The number of fused-ring (bicyclic) bond motifs is 1. The van der Waals surface area contributed by atoms with Crippen LogP contribution >= 0.6 is 0 Å². The van der Waals surface area contributed by atoms with Crippen molar-refractivity contribution in [3.63, 3.8) is 0 Å². The molecule has 0 amide bonds. The molecule has 0 saturated heterocycles. The van der Waals surface area contributed by atoms with Crippen LogP contribution in [0.25, 0.3) is 10.9 Å². The fourth-order valence-corrected chi connectivity index (χ4v) is 2.07. The minimum absolute atomic E-state index is 0.277. The van der Waals surface area contributed by atoms with Crippen LogP contribution in [0.15, 0.2) is 24.3 Å². The molecule has 2 nitrogen and oxygen atoms in total. The van der Waals surface area contributed by atoms with Gasteiger partial charge in [-0.2, -0.15) is 0 Å². The largest absolute Gasteiger partial charge is 0.373 e. The van der Waals surface area contributed by atoms with E-state index in [0.717, 1.165) is 0 Å². The predicted molar refractivity (Wildman–Crippen MR) is 67.6 cm³/mol. The highest BCUT2D eigenvalue weighted by Gasteiger charge is 2.07. The zero-order chi connectivity index (χ0) is 11.7. The van der Waals surface area contributed by atoms with Crippen LogP contribution in [0, 0.1) is 6.92 Å². The number of rotatable bonds is 3. The van der Waals surface area contributed by atoms with Gasteiger partial charge in [-0.1, -0.05) is 18.2 Å². The summed E-state index contributed by atoms with van der Waals surface area (Å²) in [7, 11) is 2.11. The zero-order valence-corrected chi connectivity index (χ0v) is 10.4. The van der Waals surface area contributed by atoms with Crippen molar-refractivity contribution < 1.29 is 4.74 Å². The maximum atomic E-state index is 5.66. The first-order valence-corrected chi connectivity index (χ1v) is 5.75. The smallest absolute Gasteiger partial charge is 0.0871 e. The molecule has 0 N–H and O–H groups in total. The lowest BCUT2D eigenvalue weighted by Gasteiger charge is -2.09. The average Bonchev–Trinajstić information content (AvgIpc) is 2.54. The van der Waals surface area contributed by atoms with Crippen molar-refractivity contribution in [2.45, 2.75) is 33.5 Å². The Kier molecular flexibility index (Phi) is 3.01. The number of benzene rings is 1. The number of aryl methyl sites for hydroxylation is 2. The summed E-state index contributed by atoms with van der Waals surface area (Å²) in [5.74, 6) is 0. The molecule has 86 valence electrons. The molecule has 0 unspecified atom stereocenters. The number of ether oxygens (including phenoxy) is 1. The topological polar surface area (TPSA) is 14.2 Å². The molecule has 0 atom stereocenters. The van der Waals surface area contributed by atoms with E-state index in [4.69, 9.17) is 4.74 Å². The Bertz CT molecular complexity index is 497. The summed E-state index contributed by atoms with van der Waals surface area (Å²) in [5.41, 5.74) is 3.86. The van der Waals surface area contributed by atoms with Gasteiger partial charge in [-0.15, -0.1) is 0 Å². The van der Waals surface area contributed by atoms with Gasteiger partial charge in [0.15, 0.2) is 0 Å². The molecule has 0 saturated carbocycles. The van der Waals surface area contributed by atoms with Gasteiger partial charge in [0.25, 0.3) is 0 Å². The molecule has 0 aliphatic carbocycles. The molecular weight excluding hydrogens is 198 g/mol. The third-order valence-electron chi connectivity index (χ3n) is 2.92. The molecule has 0 aliphatic rings. The Balaban J connectivity index is 2.40. The lowest BCUT2D eigenvalue weighted by molar-refractivity contribution is 0.0624. The maximum absolute atomic E-state index is 5.66. The first kappa shape index (κ1) is 11.2. The number of aromatic nitrogens is 1. The molecule has 2 aromatic rings. The second-order valence-electron chi connectivity index (χ2n) is 4.57. The van der Waals surface area contributed by atoms with E-state index in [1.807, 2.05) is 0 Å². The fourth-order valence-electron chi connectivity index (χ4n) is 2.07. The van der Waals surface area contributed by atoms with E-state index in [9.17, 15) is 0 Å². The minimum Gasteiger partial charge on any atom is -0.373 e. The van der Waals surface area contributed by atoms with Gasteiger partial charge in [0.1, 0.15) is 0 Å². The van der Waals surface area contributed by atoms with Gasteiger partial charge in [0, 0.05) is 18.1 Å². The highest BCUT2D eigenvalue weighted by molar-refractivity contribution is 5.84. The Hall–Kier alpha value is -1.28. The summed E-state index contributed by atoms with van der Waals surface area (Å²) in [4.78, 5) is 0. The Morgan fingerprint density at radius 2 is 2.06 bits per heavy atom. The first-order chi connectivity index (χ1) is 7.59. The van der Waals surface area contributed by atoms with Gasteiger partial charge in [0.2, 0.25) is 0 Å². The summed E-state index contributed by atoms with van der Waals surface area (Å²) in [6, 6.07) is 8.62. The molecule has 1 aromatic carbocycles. The highest BCUT2D eigenvalue weighted by Crippen LogP contribution is 2.22. The zero-order valence-electron chi connectivity index (χ0n) is 10.4. The van der Waals surface area contributed by atoms with E-state index in [-0.39, 0.29) is 6.10 Å². The van der Waals surface area contributed by atoms with Gasteiger partial charge < -0.3 is 9.30 Å². The summed E-state index contributed by atoms with van der Waals surface area (Å²) in [5, 5.41) is 1.30. The van der Waals surface area contributed by atoms with E-state index in [0.29, 0.717) is 6.61 Å². The van der Waals surface area contributed by atoms with Gasteiger partial charge in [-0.25, -0.2) is 0 Å². The third kappa shape index (κ3) is 1.98. The molecule has 0 aliphatic heterocycles. The molecule has 16 heavy (non-hydrogen) atoms. The molecule has 2 heteroatoms. The minimum atomic E-state index is 0.277. The van der Waals surface area contributed by atoms with Crippen molar-refractivity contribution in [1.29, 1.82) is 0 Å². The van der Waals surface area contributed by atoms with E-state index < -0.39 is 0 Å². The molecule has 1 heterocycles. The van der Waals surface area contributed by atoms with Crippen LogP contribution in [0.2, 0.25) is 0 Å².